The first-order valence-electron chi connectivity index (χ1n) is 6.43. The van der Waals surface area contributed by atoms with Crippen molar-refractivity contribution < 1.29 is 27.5 Å². The molecule has 2 rings (SSSR count). The zero-order valence-corrected chi connectivity index (χ0v) is 12.6. The highest BCUT2D eigenvalue weighted by molar-refractivity contribution is 7.89. The Morgan fingerprint density at radius 2 is 1.95 bits per heavy atom. The molecule has 0 saturated carbocycles. The van der Waals surface area contributed by atoms with Crippen molar-refractivity contribution in [3.8, 4) is 0 Å². The SMILES string of the molecule is C[C@H]1C[C@@H](OC(=O)c2ccc(CS(C)(=O)=O)cc2)C(=O)O1. The first-order valence-corrected chi connectivity index (χ1v) is 8.49. The molecular formula is C14H16O6S. The molecule has 21 heavy (non-hydrogen) atoms. The third kappa shape index (κ3) is 4.29. The number of benzene rings is 1. The van der Waals surface area contributed by atoms with Gasteiger partial charge in [0, 0.05) is 12.7 Å². The smallest absolute Gasteiger partial charge is 0.347 e. The van der Waals surface area contributed by atoms with Crippen LogP contribution in [0.25, 0.3) is 0 Å². The van der Waals surface area contributed by atoms with Crippen LogP contribution in [0.3, 0.4) is 0 Å². The van der Waals surface area contributed by atoms with Gasteiger partial charge in [-0.25, -0.2) is 18.0 Å². The Labute approximate surface area is 123 Å². The van der Waals surface area contributed by atoms with Gasteiger partial charge in [0.2, 0.25) is 6.10 Å². The molecule has 1 aliphatic rings. The Morgan fingerprint density at radius 1 is 1.33 bits per heavy atom. The van der Waals surface area contributed by atoms with Crippen LogP contribution in [-0.2, 0) is 29.9 Å². The summed E-state index contributed by atoms with van der Waals surface area (Å²) in [4.78, 5) is 23.3. The fourth-order valence-corrected chi connectivity index (χ4v) is 2.85. The molecule has 0 aromatic heterocycles. The van der Waals surface area contributed by atoms with Crippen LogP contribution >= 0.6 is 0 Å². The maximum absolute atomic E-state index is 11.9. The van der Waals surface area contributed by atoms with Gasteiger partial charge in [-0.1, -0.05) is 12.1 Å². The lowest BCUT2D eigenvalue weighted by atomic mass is 10.1. The second kappa shape index (κ2) is 5.85. The lowest BCUT2D eigenvalue weighted by Crippen LogP contribution is -2.22. The van der Waals surface area contributed by atoms with Crippen LogP contribution in [0.2, 0.25) is 0 Å². The molecular weight excluding hydrogens is 296 g/mol. The zero-order valence-electron chi connectivity index (χ0n) is 11.7. The molecule has 0 unspecified atom stereocenters. The van der Waals surface area contributed by atoms with Crippen LogP contribution in [0.5, 0.6) is 0 Å². The van der Waals surface area contributed by atoms with Gasteiger partial charge in [0.25, 0.3) is 0 Å². The minimum atomic E-state index is -3.12. The number of hydrogen-bond acceptors (Lipinski definition) is 6. The maximum atomic E-state index is 11.9. The molecule has 1 aromatic rings. The minimum absolute atomic E-state index is 0.0885. The molecule has 1 heterocycles. The van der Waals surface area contributed by atoms with Gasteiger partial charge in [0.15, 0.2) is 9.84 Å². The Kier molecular flexibility index (Phi) is 4.32. The van der Waals surface area contributed by atoms with Crippen LogP contribution in [0.1, 0.15) is 29.3 Å². The standard InChI is InChI=1S/C14H16O6S/c1-9-7-12(14(16)19-9)20-13(15)11-5-3-10(4-6-11)8-21(2,17)18/h3-6,9,12H,7-8H2,1-2H3/t9-,12+/m0/s1. The molecule has 6 nitrogen and oxygen atoms in total. The zero-order chi connectivity index (χ0) is 15.6. The van der Waals surface area contributed by atoms with Crippen molar-refractivity contribution in [2.45, 2.75) is 31.3 Å². The molecule has 114 valence electrons. The van der Waals surface area contributed by atoms with Crippen molar-refractivity contribution in [3.63, 3.8) is 0 Å². The lowest BCUT2D eigenvalue weighted by Gasteiger charge is -2.08. The molecule has 0 N–H and O–H groups in total. The van der Waals surface area contributed by atoms with Crippen LogP contribution in [0, 0.1) is 0 Å². The topological polar surface area (TPSA) is 86.7 Å². The van der Waals surface area contributed by atoms with E-state index in [1.165, 1.54) is 12.1 Å². The predicted molar refractivity (Wildman–Crippen MR) is 74.4 cm³/mol. The van der Waals surface area contributed by atoms with Crippen molar-refractivity contribution in [2.24, 2.45) is 0 Å². The van der Waals surface area contributed by atoms with E-state index in [-0.39, 0.29) is 17.4 Å². The third-order valence-corrected chi connectivity index (χ3v) is 3.85. The van der Waals surface area contributed by atoms with Crippen molar-refractivity contribution in [2.75, 3.05) is 6.26 Å². The van der Waals surface area contributed by atoms with E-state index in [4.69, 9.17) is 9.47 Å². The van der Waals surface area contributed by atoms with Crippen molar-refractivity contribution in [1.82, 2.24) is 0 Å². The van der Waals surface area contributed by atoms with E-state index in [1.54, 1.807) is 19.1 Å². The maximum Gasteiger partial charge on any atom is 0.347 e. The highest BCUT2D eigenvalue weighted by atomic mass is 32.2. The monoisotopic (exact) mass is 312 g/mol. The van der Waals surface area contributed by atoms with Crippen molar-refractivity contribution in [3.05, 3.63) is 35.4 Å². The number of esters is 2. The van der Waals surface area contributed by atoms with Gasteiger partial charge < -0.3 is 9.47 Å². The van der Waals surface area contributed by atoms with E-state index in [0.717, 1.165) is 6.26 Å². The minimum Gasteiger partial charge on any atom is -0.460 e. The van der Waals surface area contributed by atoms with Gasteiger partial charge in [-0.15, -0.1) is 0 Å². The molecule has 7 heteroatoms. The van der Waals surface area contributed by atoms with Gasteiger partial charge in [-0.2, -0.15) is 0 Å². The van der Waals surface area contributed by atoms with Crippen molar-refractivity contribution >= 4 is 21.8 Å². The van der Waals surface area contributed by atoms with E-state index in [0.29, 0.717) is 12.0 Å². The van der Waals surface area contributed by atoms with Gasteiger partial charge >= 0.3 is 11.9 Å². The summed E-state index contributed by atoms with van der Waals surface area (Å²) in [5.41, 5.74) is 0.850. The molecule has 0 spiro atoms. The predicted octanol–water partition coefficient (Wildman–Crippen LogP) is 1.09. The van der Waals surface area contributed by atoms with E-state index in [2.05, 4.69) is 0 Å². The summed E-state index contributed by atoms with van der Waals surface area (Å²) < 4.78 is 32.3. The summed E-state index contributed by atoms with van der Waals surface area (Å²) in [7, 11) is -3.12. The summed E-state index contributed by atoms with van der Waals surface area (Å²) in [5.74, 6) is -1.25. The second-order valence-electron chi connectivity index (χ2n) is 5.14. The molecule has 0 radical (unpaired) electrons. The van der Waals surface area contributed by atoms with Crippen molar-refractivity contribution in [1.29, 1.82) is 0 Å². The summed E-state index contributed by atoms with van der Waals surface area (Å²) >= 11 is 0. The number of carbonyl (C=O) groups excluding carboxylic acids is 2. The molecule has 1 aliphatic heterocycles. The Hall–Kier alpha value is -1.89. The van der Waals surface area contributed by atoms with Gasteiger partial charge in [-0.3, -0.25) is 0 Å². The Morgan fingerprint density at radius 3 is 2.43 bits per heavy atom. The van der Waals surface area contributed by atoms with Crippen LogP contribution in [-0.4, -0.2) is 38.8 Å². The fraction of sp³-hybridized carbons (Fsp3) is 0.429. The largest absolute Gasteiger partial charge is 0.460 e. The summed E-state index contributed by atoms with van der Waals surface area (Å²) in [5, 5.41) is 0. The molecule has 1 saturated heterocycles. The third-order valence-electron chi connectivity index (χ3n) is 2.99. The van der Waals surface area contributed by atoms with Gasteiger partial charge in [0.1, 0.15) is 6.10 Å². The van der Waals surface area contributed by atoms with E-state index in [9.17, 15) is 18.0 Å². The van der Waals surface area contributed by atoms with Crippen LogP contribution in [0.15, 0.2) is 24.3 Å². The molecule has 0 amide bonds. The number of ether oxygens (including phenoxy) is 2. The highest BCUT2D eigenvalue weighted by Gasteiger charge is 2.35. The normalized spacial score (nSPS) is 21.9. The molecule has 1 fully saturated rings. The fourth-order valence-electron chi connectivity index (χ4n) is 2.05. The highest BCUT2D eigenvalue weighted by Crippen LogP contribution is 2.19. The number of rotatable bonds is 4. The summed E-state index contributed by atoms with van der Waals surface area (Å²) in [6.45, 7) is 1.73. The second-order valence-corrected chi connectivity index (χ2v) is 7.28. The quantitative estimate of drug-likeness (QED) is 0.774. The molecule has 0 bridgehead atoms. The Bertz CT molecular complexity index is 647. The van der Waals surface area contributed by atoms with Crippen LogP contribution < -0.4 is 0 Å². The first-order chi connectivity index (χ1) is 9.74. The van der Waals surface area contributed by atoms with E-state index < -0.39 is 27.9 Å². The lowest BCUT2D eigenvalue weighted by molar-refractivity contribution is -0.147. The summed E-state index contributed by atoms with van der Waals surface area (Å²) in [6, 6.07) is 6.06. The van der Waals surface area contributed by atoms with Gasteiger partial charge in [0.05, 0.1) is 11.3 Å². The number of sulfone groups is 1. The van der Waals surface area contributed by atoms with E-state index >= 15 is 0 Å². The average Bonchev–Trinajstić information content (AvgIpc) is 2.66. The molecule has 2 atom stereocenters. The number of carbonyl (C=O) groups is 2. The van der Waals surface area contributed by atoms with E-state index in [1.807, 2.05) is 0 Å². The van der Waals surface area contributed by atoms with Crippen LogP contribution in [0.4, 0.5) is 0 Å². The van der Waals surface area contributed by atoms with Gasteiger partial charge in [-0.05, 0) is 24.6 Å². The average molecular weight is 312 g/mol. The first kappa shape index (κ1) is 15.5. The number of cyclic esters (lactones) is 1. The molecule has 1 aromatic carbocycles. The summed E-state index contributed by atoms with van der Waals surface area (Å²) in [6.07, 6.45) is 0.356. The number of hydrogen-bond donors (Lipinski definition) is 0. The molecule has 0 aliphatic carbocycles. The Balaban J connectivity index is 2.02.